The van der Waals surface area contributed by atoms with Crippen LogP contribution in [-0.4, -0.2) is 36.1 Å². The summed E-state index contributed by atoms with van der Waals surface area (Å²) in [4.78, 5) is 13.5. The minimum atomic E-state index is 0.0822. The van der Waals surface area contributed by atoms with Gasteiger partial charge in [0.1, 0.15) is 0 Å². The molecule has 3 heteroatoms. The number of ketones is 1. The van der Waals surface area contributed by atoms with Gasteiger partial charge in [-0.05, 0) is 13.3 Å². The SMILES string of the molecule is CC1CCC(=O)[C@@H]2COCN12. The van der Waals surface area contributed by atoms with E-state index in [0.717, 1.165) is 12.8 Å². The van der Waals surface area contributed by atoms with Crippen LogP contribution in [0.4, 0.5) is 0 Å². The number of piperidine rings is 1. The van der Waals surface area contributed by atoms with E-state index >= 15 is 0 Å². The maximum atomic E-state index is 11.3. The maximum absolute atomic E-state index is 11.3. The standard InChI is InChI=1S/C8H13NO2/c1-6-2-3-8(10)7-4-11-5-9(6)7/h6-7H,2-5H2,1H3/t6?,7-/m0/s1. The van der Waals surface area contributed by atoms with Crippen molar-refractivity contribution in [1.29, 1.82) is 0 Å². The summed E-state index contributed by atoms with van der Waals surface area (Å²) in [7, 11) is 0. The van der Waals surface area contributed by atoms with E-state index in [0.29, 0.717) is 25.2 Å². The Bertz CT molecular complexity index is 181. The lowest BCUT2D eigenvalue weighted by Crippen LogP contribution is -2.47. The molecular weight excluding hydrogens is 142 g/mol. The van der Waals surface area contributed by atoms with Crippen LogP contribution in [0.3, 0.4) is 0 Å². The van der Waals surface area contributed by atoms with Gasteiger partial charge in [0.05, 0.1) is 19.4 Å². The molecule has 62 valence electrons. The normalized spacial score (nSPS) is 39.2. The zero-order valence-corrected chi connectivity index (χ0v) is 6.75. The largest absolute Gasteiger partial charge is 0.364 e. The van der Waals surface area contributed by atoms with E-state index < -0.39 is 0 Å². The predicted octanol–water partition coefficient (Wildman–Crippen LogP) is 0.396. The van der Waals surface area contributed by atoms with Crippen LogP contribution in [0.5, 0.6) is 0 Å². The lowest BCUT2D eigenvalue weighted by molar-refractivity contribution is -0.126. The van der Waals surface area contributed by atoms with Gasteiger partial charge in [-0.1, -0.05) is 0 Å². The van der Waals surface area contributed by atoms with E-state index in [2.05, 4.69) is 11.8 Å². The zero-order valence-electron chi connectivity index (χ0n) is 6.75. The molecule has 3 nitrogen and oxygen atoms in total. The van der Waals surface area contributed by atoms with Gasteiger partial charge >= 0.3 is 0 Å². The van der Waals surface area contributed by atoms with Crippen LogP contribution in [0.25, 0.3) is 0 Å². The van der Waals surface area contributed by atoms with E-state index in [9.17, 15) is 4.79 Å². The highest BCUT2D eigenvalue weighted by Crippen LogP contribution is 2.23. The third kappa shape index (κ3) is 1.08. The zero-order chi connectivity index (χ0) is 7.84. The van der Waals surface area contributed by atoms with Crippen molar-refractivity contribution in [3.8, 4) is 0 Å². The Labute approximate surface area is 66.3 Å². The van der Waals surface area contributed by atoms with E-state index in [1.807, 2.05) is 0 Å². The summed E-state index contributed by atoms with van der Waals surface area (Å²) in [5.74, 6) is 0.362. The molecule has 2 rings (SSSR count). The summed E-state index contributed by atoms with van der Waals surface area (Å²) in [5.41, 5.74) is 0. The van der Waals surface area contributed by atoms with Crippen LogP contribution >= 0.6 is 0 Å². The Morgan fingerprint density at radius 2 is 2.45 bits per heavy atom. The van der Waals surface area contributed by atoms with Gasteiger partial charge < -0.3 is 4.74 Å². The Balaban J connectivity index is 2.14. The lowest BCUT2D eigenvalue weighted by Gasteiger charge is -2.32. The number of nitrogens with zero attached hydrogens (tertiary/aromatic N) is 1. The molecule has 0 spiro atoms. The van der Waals surface area contributed by atoms with Gasteiger partial charge in [-0.3, -0.25) is 9.69 Å². The van der Waals surface area contributed by atoms with E-state index in [1.165, 1.54) is 0 Å². The first kappa shape index (κ1) is 7.25. The van der Waals surface area contributed by atoms with Crippen molar-refractivity contribution in [2.45, 2.75) is 31.8 Å². The van der Waals surface area contributed by atoms with Crippen LogP contribution in [0.15, 0.2) is 0 Å². The molecule has 0 N–H and O–H groups in total. The predicted molar refractivity (Wildman–Crippen MR) is 40.1 cm³/mol. The lowest BCUT2D eigenvalue weighted by atomic mass is 9.97. The van der Waals surface area contributed by atoms with Crippen molar-refractivity contribution in [2.24, 2.45) is 0 Å². The molecule has 2 fully saturated rings. The molecule has 0 aliphatic carbocycles. The summed E-state index contributed by atoms with van der Waals surface area (Å²) in [6, 6.07) is 0.610. The summed E-state index contributed by atoms with van der Waals surface area (Å²) in [6.07, 6.45) is 1.74. The minimum absolute atomic E-state index is 0.0822. The molecule has 2 aliphatic rings. The highest BCUT2D eigenvalue weighted by Gasteiger charge is 2.37. The number of rotatable bonds is 0. The van der Waals surface area contributed by atoms with Gasteiger partial charge in [-0.2, -0.15) is 0 Å². The number of Topliss-reactive ketones (excluding diaryl/α,β-unsaturated/α-hetero) is 1. The highest BCUT2D eigenvalue weighted by atomic mass is 16.5. The van der Waals surface area contributed by atoms with Crippen LogP contribution in [0.1, 0.15) is 19.8 Å². The average Bonchev–Trinajstić information content (AvgIpc) is 2.45. The minimum Gasteiger partial charge on any atom is -0.364 e. The molecule has 1 unspecified atom stereocenters. The number of carbonyl (C=O) groups excluding carboxylic acids is 1. The first-order valence-corrected chi connectivity index (χ1v) is 4.15. The molecule has 0 bridgehead atoms. The molecule has 0 aromatic rings. The topological polar surface area (TPSA) is 29.5 Å². The molecule has 11 heavy (non-hydrogen) atoms. The van der Waals surface area contributed by atoms with E-state index in [4.69, 9.17) is 4.74 Å². The van der Waals surface area contributed by atoms with Gasteiger partial charge in [-0.25, -0.2) is 0 Å². The van der Waals surface area contributed by atoms with Gasteiger partial charge in [0.15, 0.2) is 5.78 Å². The molecule has 0 amide bonds. The molecule has 2 atom stereocenters. The van der Waals surface area contributed by atoms with Crippen LogP contribution in [0.2, 0.25) is 0 Å². The van der Waals surface area contributed by atoms with Gasteiger partial charge in [0.25, 0.3) is 0 Å². The summed E-state index contributed by atoms with van der Waals surface area (Å²) in [5, 5.41) is 0. The van der Waals surface area contributed by atoms with Crippen molar-refractivity contribution >= 4 is 5.78 Å². The highest BCUT2D eigenvalue weighted by molar-refractivity contribution is 5.85. The molecular formula is C8H13NO2. The fourth-order valence-electron chi connectivity index (χ4n) is 1.85. The van der Waals surface area contributed by atoms with Crippen LogP contribution in [-0.2, 0) is 9.53 Å². The monoisotopic (exact) mass is 155 g/mol. The third-order valence-electron chi connectivity index (χ3n) is 2.66. The smallest absolute Gasteiger partial charge is 0.152 e. The van der Waals surface area contributed by atoms with Gasteiger partial charge in [-0.15, -0.1) is 0 Å². The molecule has 0 aromatic carbocycles. The maximum Gasteiger partial charge on any atom is 0.152 e. The number of hydrogen-bond acceptors (Lipinski definition) is 3. The molecule has 2 aliphatic heterocycles. The molecule has 0 saturated carbocycles. The average molecular weight is 155 g/mol. The van der Waals surface area contributed by atoms with Crippen molar-refractivity contribution in [3.05, 3.63) is 0 Å². The van der Waals surface area contributed by atoms with Gasteiger partial charge in [0.2, 0.25) is 0 Å². The van der Waals surface area contributed by atoms with Gasteiger partial charge in [0, 0.05) is 12.5 Å². The van der Waals surface area contributed by atoms with E-state index in [-0.39, 0.29) is 6.04 Å². The first-order chi connectivity index (χ1) is 5.29. The number of hydrogen-bond donors (Lipinski definition) is 0. The molecule has 2 saturated heterocycles. The Morgan fingerprint density at radius 1 is 1.64 bits per heavy atom. The Kier molecular flexibility index (Phi) is 1.69. The second-order valence-electron chi connectivity index (χ2n) is 3.38. The molecule has 2 heterocycles. The van der Waals surface area contributed by atoms with Crippen molar-refractivity contribution in [1.82, 2.24) is 4.90 Å². The molecule has 0 radical (unpaired) electrons. The number of ether oxygens (including phenoxy) is 1. The Morgan fingerprint density at radius 3 is 3.18 bits per heavy atom. The van der Waals surface area contributed by atoms with Crippen molar-refractivity contribution in [3.63, 3.8) is 0 Å². The van der Waals surface area contributed by atoms with E-state index in [1.54, 1.807) is 0 Å². The fourth-order valence-corrected chi connectivity index (χ4v) is 1.85. The van der Waals surface area contributed by atoms with Crippen LogP contribution in [0, 0.1) is 0 Å². The number of carbonyl (C=O) groups is 1. The second kappa shape index (κ2) is 2.57. The summed E-state index contributed by atoms with van der Waals surface area (Å²) in [6.45, 7) is 3.43. The summed E-state index contributed by atoms with van der Waals surface area (Å²) < 4.78 is 5.24. The quantitative estimate of drug-likeness (QED) is 0.507. The fraction of sp³-hybridized carbons (Fsp3) is 0.875. The first-order valence-electron chi connectivity index (χ1n) is 4.15. The number of fused-ring (bicyclic) bond motifs is 1. The van der Waals surface area contributed by atoms with Crippen molar-refractivity contribution in [2.75, 3.05) is 13.3 Å². The summed E-state index contributed by atoms with van der Waals surface area (Å²) >= 11 is 0. The molecule has 0 aromatic heterocycles. The van der Waals surface area contributed by atoms with Crippen molar-refractivity contribution < 1.29 is 9.53 Å². The second-order valence-corrected chi connectivity index (χ2v) is 3.38. The van der Waals surface area contributed by atoms with Crippen LogP contribution < -0.4 is 0 Å². The third-order valence-corrected chi connectivity index (χ3v) is 2.66. The Hall–Kier alpha value is -0.410.